The second kappa shape index (κ2) is 6.55. The summed E-state index contributed by atoms with van der Waals surface area (Å²) in [5, 5.41) is 8.55. The summed E-state index contributed by atoms with van der Waals surface area (Å²) in [5.41, 5.74) is 2.76. The lowest BCUT2D eigenvalue weighted by molar-refractivity contribution is 0.0778. The molecule has 1 saturated heterocycles. The summed E-state index contributed by atoms with van der Waals surface area (Å²) < 4.78 is 3.54. The van der Waals surface area contributed by atoms with E-state index in [1.165, 1.54) is 5.56 Å². The minimum absolute atomic E-state index is 0.0510. The maximum atomic E-state index is 13.0. The predicted molar refractivity (Wildman–Crippen MR) is 94.5 cm³/mol. The lowest BCUT2D eigenvalue weighted by Crippen LogP contribution is -2.30. The quantitative estimate of drug-likeness (QED) is 0.735. The SMILES string of the molecule is Cn1cc(CC2CCN(C(=O)c3ccnn3-c3ccccc3)C2)cn1. The number of aromatic nitrogens is 4. The van der Waals surface area contributed by atoms with Crippen molar-refractivity contribution in [1.82, 2.24) is 24.5 Å². The second-order valence-corrected chi connectivity index (χ2v) is 6.60. The van der Waals surface area contributed by atoms with Crippen molar-refractivity contribution in [2.45, 2.75) is 12.8 Å². The van der Waals surface area contributed by atoms with Crippen LogP contribution < -0.4 is 0 Å². The van der Waals surface area contributed by atoms with Crippen LogP contribution in [0.25, 0.3) is 5.69 Å². The van der Waals surface area contributed by atoms with E-state index >= 15 is 0 Å². The first-order chi connectivity index (χ1) is 12.2. The van der Waals surface area contributed by atoms with Crippen LogP contribution in [0, 0.1) is 5.92 Å². The summed E-state index contributed by atoms with van der Waals surface area (Å²) in [4.78, 5) is 14.9. The third-order valence-electron chi connectivity index (χ3n) is 4.72. The molecule has 3 heterocycles. The van der Waals surface area contributed by atoms with Crippen molar-refractivity contribution >= 4 is 5.91 Å². The van der Waals surface area contributed by atoms with Gasteiger partial charge in [0.05, 0.1) is 18.1 Å². The molecule has 3 aromatic rings. The molecule has 1 amide bonds. The van der Waals surface area contributed by atoms with E-state index in [-0.39, 0.29) is 5.91 Å². The largest absolute Gasteiger partial charge is 0.337 e. The van der Waals surface area contributed by atoms with Gasteiger partial charge in [0.25, 0.3) is 5.91 Å². The zero-order valence-corrected chi connectivity index (χ0v) is 14.2. The molecular weight excluding hydrogens is 314 g/mol. The highest BCUT2D eigenvalue weighted by molar-refractivity contribution is 5.93. The highest BCUT2D eigenvalue weighted by Gasteiger charge is 2.29. The highest BCUT2D eigenvalue weighted by atomic mass is 16.2. The van der Waals surface area contributed by atoms with Crippen LogP contribution in [0.2, 0.25) is 0 Å². The van der Waals surface area contributed by atoms with Crippen LogP contribution in [-0.4, -0.2) is 43.5 Å². The van der Waals surface area contributed by atoms with E-state index in [1.807, 2.05) is 53.2 Å². The Balaban J connectivity index is 1.47. The van der Waals surface area contributed by atoms with Crippen molar-refractivity contribution in [3.8, 4) is 5.69 Å². The molecule has 6 heteroatoms. The zero-order valence-electron chi connectivity index (χ0n) is 14.2. The predicted octanol–water partition coefficient (Wildman–Crippen LogP) is 2.31. The Labute approximate surface area is 146 Å². The lowest BCUT2D eigenvalue weighted by Gasteiger charge is -2.17. The Bertz CT molecular complexity index is 867. The van der Waals surface area contributed by atoms with Crippen LogP contribution in [-0.2, 0) is 13.5 Å². The molecular formula is C19H21N5O. The second-order valence-electron chi connectivity index (χ2n) is 6.60. The van der Waals surface area contributed by atoms with Crippen molar-refractivity contribution in [3.63, 3.8) is 0 Å². The normalized spacial score (nSPS) is 17.2. The van der Waals surface area contributed by atoms with Gasteiger partial charge in [-0.1, -0.05) is 18.2 Å². The molecule has 1 aliphatic rings. The number of carbonyl (C=O) groups is 1. The molecule has 0 bridgehead atoms. The number of carbonyl (C=O) groups excluding carboxylic acids is 1. The maximum Gasteiger partial charge on any atom is 0.272 e. The average molecular weight is 335 g/mol. The Hall–Kier alpha value is -2.89. The Morgan fingerprint density at radius 2 is 2.04 bits per heavy atom. The van der Waals surface area contributed by atoms with E-state index in [9.17, 15) is 4.79 Å². The number of likely N-dealkylation sites (tertiary alicyclic amines) is 1. The first-order valence-electron chi connectivity index (χ1n) is 8.57. The first-order valence-corrected chi connectivity index (χ1v) is 8.57. The number of hydrogen-bond acceptors (Lipinski definition) is 3. The zero-order chi connectivity index (χ0) is 17.2. The van der Waals surface area contributed by atoms with Gasteiger partial charge < -0.3 is 4.90 Å². The van der Waals surface area contributed by atoms with Gasteiger partial charge in [0.2, 0.25) is 0 Å². The summed E-state index contributed by atoms with van der Waals surface area (Å²) in [6.07, 6.45) is 7.64. The summed E-state index contributed by atoms with van der Waals surface area (Å²) >= 11 is 0. The molecule has 1 fully saturated rings. The van der Waals surface area contributed by atoms with Gasteiger partial charge in [0, 0.05) is 26.3 Å². The van der Waals surface area contributed by atoms with Crippen molar-refractivity contribution in [3.05, 3.63) is 66.2 Å². The first kappa shape index (κ1) is 15.6. The van der Waals surface area contributed by atoms with Gasteiger partial charge in [0.15, 0.2) is 0 Å². The van der Waals surface area contributed by atoms with Crippen molar-refractivity contribution in [2.24, 2.45) is 13.0 Å². The molecule has 1 aliphatic heterocycles. The van der Waals surface area contributed by atoms with Crippen LogP contribution in [0.4, 0.5) is 0 Å². The molecule has 0 saturated carbocycles. The molecule has 6 nitrogen and oxygen atoms in total. The van der Waals surface area contributed by atoms with Gasteiger partial charge in [-0.3, -0.25) is 9.48 Å². The van der Waals surface area contributed by atoms with Gasteiger partial charge in [-0.25, -0.2) is 4.68 Å². The fourth-order valence-electron chi connectivity index (χ4n) is 3.50. The third kappa shape index (κ3) is 3.20. The van der Waals surface area contributed by atoms with Crippen LogP contribution in [0.1, 0.15) is 22.5 Å². The molecule has 0 N–H and O–H groups in total. The van der Waals surface area contributed by atoms with Crippen LogP contribution in [0.15, 0.2) is 55.0 Å². The number of nitrogens with zero attached hydrogens (tertiary/aromatic N) is 5. The van der Waals surface area contributed by atoms with Gasteiger partial charge >= 0.3 is 0 Å². The Kier molecular flexibility index (Phi) is 4.09. The van der Waals surface area contributed by atoms with Crippen LogP contribution >= 0.6 is 0 Å². The Morgan fingerprint density at radius 3 is 2.80 bits per heavy atom. The maximum absolute atomic E-state index is 13.0. The summed E-state index contributed by atoms with van der Waals surface area (Å²) in [5.74, 6) is 0.538. The van der Waals surface area contributed by atoms with Gasteiger partial charge in [-0.2, -0.15) is 10.2 Å². The fraction of sp³-hybridized carbons (Fsp3) is 0.316. The smallest absolute Gasteiger partial charge is 0.272 e. The van der Waals surface area contributed by atoms with E-state index in [1.54, 1.807) is 16.9 Å². The highest BCUT2D eigenvalue weighted by Crippen LogP contribution is 2.23. The van der Waals surface area contributed by atoms with Crippen molar-refractivity contribution in [1.29, 1.82) is 0 Å². The van der Waals surface area contributed by atoms with Gasteiger partial charge in [-0.15, -0.1) is 0 Å². The Morgan fingerprint density at radius 1 is 1.20 bits per heavy atom. The molecule has 128 valence electrons. The summed E-state index contributed by atoms with van der Waals surface area (Å²) in [6, 6.07) is 11.6. The number of benzene rings is 1. The molecule has 0 spiro atoms. The van der Waals surface area contributed by atoms with E-state index in [2.05, 4.69) is 16.4 Å². The lowest BCUT2D eigenvalue weighted by atomic mass is 10.0. The van der Waals surface area contributed by atoms with E-state index in [0.717, 1.165) is 31.6 Å². The molecule has 1 aromatic carbocycles. The van der Waals surface area contributed by atoms with E-state index < -0.39 is 0 Å². The number of amides is 1. The standard InChI is InChI=1S/C19H21N5O/c1-22-13-16(12-21-22)11-15-8-10-23(14-15)19(25)18-7-9-20-24(18)17-5-3-2-4-6-17/h2-7,9,12-13,15H,8,10-11,14H2,1H3. The number of aryl methyl sites for hydroxylation is 1. The molecule has 4 rings (SSSR count). The minimum atomic E-state index is 0.0510. The monoisotopic (exact) mass is 335 g/mol. The molecule has 2 aromatic heterocycles. The average Bonchev–Trinajstić information content (AvgIpc) is 3.36. The number of hydrogen-bond donors (Lipinski definition) is 0. The van der Waals surface area contributed by atoms with E-state index in [0.29, 0.717) is 11.6 Å². The van der Waals surface area contributed by atoms with Crippen molar-refractivity contribution in [2.75, 3.05) is 13.1 Å². The fourth-order valence-corrected chi connectivity index (χ4v) is 3.50. The van der Waals surface area contributed by atoms with Gasteiger partial charge in [0.1, 0.15) is 5.69 Å². The van der Waals surface area contributed by atoms with E-state index in [4.69, 9.17) is 0 Å². The van der Waals surface area contributed by atoms with Gasteiger partial charge in [-0.05, 0) is 42.5 Å². The molecule has 1 atom stereocenters. The topological polar surface area (TPSA) is 56.0 Å². The summed E-state index contributed by atoms with van der Waals surface area (Å²) in [6.45, 7) is 1.58. The summed E-state index contributed by atoms with van der Waals surface area (Å²) in [7, 11) is 1.93. The molecule has 0 aliphatic carbocycles. The molecule has 25 heavy (non-hydrogen) atoms. The number of rotatable bonds is 4. The van der Waals surface area contributed by atoms with Crippen LogP contribution in [0.3, 0.4) is 0 Å². The third-order valence-corrected chi connectivity index (χ3v) is 4.72. The minimum Gasteiger partial charge on any atom is -0.337 e. The molecule has 1 unspecified atom stereocenters. The number of para-hydroxylation sites is 1. The van der Waals surface area contributed by atoms with Crippen LogP contribution in [0.5, 0.6) is 0 Å². The molecule has 0 radical (unpaired) electrons. The van der Waals surface area contributed by atoms with Crippen molar-refractivity contribution < 1.29 is 4.79 Å².